The predicted octanol–water partition coefficient (Wildman–Crippen LogP) is 1.58. The predicted molar refractivity (Wildman–Crippen MR) is 26.3 cm³/mol. The molecule has 0 aliphatic rings. The largest absolute Gasteiger partial charge is 0.0933 e. The van der Waals surface area contributed by atoms with Crippen molar-refractivity contribution in [3.05, 3.63) is 0 Å². The number of hydrogen-bond donors (Lipinski definition) is 0. The van der Waals surface area contributed by atoms with Crippen LogP contribution < -0.4 is 0 Å². The van der Waals surface area contributed by atoms with E-state index in [9.17, 15) is 0 Å². The Morgan fingerprint density at radius 3 is 2.00 bits per heavy atom. The van der Waals surface area contributed by atoms with Crippen molar-refractivity contribution in [2.45, 2.75) is 0 Å². The van der Waals surface area contributed by atoms with Gasteiger partial charge in [-0.15, -0.1) is 0 Å². The van der Waals surface area contributed by atoms with Gasteiger partial charge in [0.05, 0.1) is 0 Å². The lowest BCUT2D eigenvalue weighted by molar-refractivity contribution is 1.60. The maximum Gasteiger partial charge on any atom is 0.0134 e. The molecule has 0 aliphatic heterocycles. The first-order valence-corrected chi connectivity index (χ1v) is 2.75. The van der Waals surface area contributed by atoms with E-state index in [1.54, 1.807) is 0 Å². The third-order valence-electron chi connectivity index (χ3n) is 0.0772. The van der Waals surface area contributed by atoms with Crippen molar-refractivity contribution >= 4 is 28.6 Å². The van der Waals surface area contributed by atoms with Crippen LogP contribution in [0.3, 0.4) is 0 Å². The van der Waals surface area contributed by atoms with Crippen LogP contribution in [-0.2, 0) is 0 Å². The van der Waals surface area contributed by atoms with Gasteiger partial charge in [0.25, 0.3) is 0 Å². The van der Waals surface area contributed by atoms with E-state index in [1.807, 2.05) is 0 Å². The third kappa shape index (κ3) is 2.83. The molecule has 0 heterocycles. The van der Waals surface area contributed by atoms with E-state index < -0.39 is 0 Å². The molecule has 0 atom stereocenters. The molecule has 0 amide bonds. The molecule has 0 rings (SSSR count). The van der Waals surface area contributed by atoms with Crippen LogP contribution in [0.4, 0.5) is 0 Å². The standard InChI is InChI=1S/C2H4BrS/c3-1-2-4/h1-2H2. The summed E-state index contributed by atoms with van der Waals surface area (Å²) >= 11 is 7.65. The lowest BCUT2D eigenvalue weighted by Gasteiger charge is -1.63. The summed E-state index contributed by atoms with van der Waals surface area (Å²) in [5.74, 6) is 0.819. The Balaban J connectivity index is 1.97. The lowest BCUT2D eigenvalue weighted by atomic mass is 11.0. The average Bonchev–Trinajstić information content (AvgIpc) is 1.37. The van der Waals surface area contributed by atoms with Crippen molar-refractivity contribution in [2.24, 2.45) is 0 Å². The first kappa shape index (κ1) is 4.83. The van der Waals surface area contributed by atoms with E-state index in [-0.39, 0.29) is 0 Å². The Morgan fingerprint density at radius 2 is 2.00 bits per heavy atom. The molecule has 4 heavy (non-hydrogen) atoms. The van der Waals surface area contributed by atoms with Crippen molar-refractivity contribution < 1.29 is 0 Å². The first-order valence-electron chi connectivity index (χ1n) is 1.06. The maximum absolute atomic E-state index is 4.51. The second-order valence-corrected chi connectivity index (χ2v) is 1.59. The van der Waals surface area contributed by atoms with Crippen LogP contribution in [0, 0.1) is 0 Å². The van der Waals surface area contributed by atoms with Gasteiger partial charge in [0.15, 0.2) is 0 Å². The first-order chi connectivity index (χ1) is 1.91. The maximum atomic E-state index is 4.51. The summed E-state index contributed by atoms with van der Waals surface area (Å²) < 4.78 is 0. The quantitative estimate of drug-likeness (QED) is 0.485. The monoisotopic (exact) mass is 139 g/mol. The van der Waals surface area contributed by atoms with Gasteiger partial charge in [-0.3, -0.25) is 0 Å². The fourth-order valence-corrected chi connectivity index (χ4v) is 0. The van der Waals surface area contributed by atoms with Crippen LogP contribution in [0.2, 0.25) is 0 Å². The fourth-order valence-electron chi connectivity index (χ4n) is 0. The van der Waals surface area contributed by atoms with Gasteiger partial charge >= 0.3 is 0 Å². The Bertz CT molecular complexity index is 8.00. The van der Waals surface area contributed by atoms with Crippen molar-refractivity contribution in [3.63, 3.8) is 0 Å². The van der Waals surface area contributed by atoms with E-state index in [0.29, 0.717) is 0 Å². The van der Waals surface area contributed by atoms with Gasteiger partial charge in [0, 0.05) is 11.1 Å². The zero-order valence-corrected chi connectivity index (χ0v) is 4.60. The van der Waals surface area contributed by atoms with Crippen molar-refractivity contribution in [2.75, 3.05) is 11.1 Å². The highest BCUT2D eigenvalue weighted by Gasteiger charge is 1.60. The molecule has 0 nitrogen and oxygen atoms in total. The smallest absolute Gasteiger partial charge is 0.0134 e. The normalized spacial score (nSPS) is 7.50. The SMILES string of the molecule is [S]CCBr. The molecule has 0 saturated heterocycles. The van der Waals surface area contributed by atoms with E-state index in [4.69, 9.17) is 0 Å². The van der Waals surface area contributed by atoms with Gasteiger partial charge < -0.3 is 0 Å². The topological polar surface area (TPSA) is 0 Å². The van der Waals surface area contributed by atoms with E-state index in [0.717, 1.165) is 11.1 Å². The van der Waals surface area contributed by atoms with Crippen LogP contribution in [0.5, 0.6) is 0 Å². The van der Waals surface area contributed by atoms with Crippen LogP contribution in [0.15, 0.2) is 0 Å². The lowest BCUT2D eigenvalue weighted by Crippen LogP contribution is -1.63. The molecule has 0 aromatic carbocycles. The minimum Gasteiger partial charge on any atom is -0.0933 e. The number of alkyl halides is 1. The van der Waals surface area contributed by atoms with E-state index in [2.05, 4.69) is 28.6 Å². The minimum absolute atomic E-state index is 0.819. The Morgan fingerprint density at radius 1 is 1.75 bits per heavy atom. The summed E-state index contributed by atoms with van der Waals surface area (Å²) in [6.45, 7) is 0. The Kier molecular flexibility index (Phi) is 4.62. The molecule has 0 unspecified atom stereocenters. The van der Waals surface area contributed by atoms with Gasteiger partial charge in [-0.2, -0.15) is 0 Å². The van der Waals surface area contributed by atoms with E-state index >= 15 is 0 Å². The summed E-state index contributed by atoms with van der Waals surface area (Å²) in [7, 11) is 0. The molecule has 0 N–H and O–H groups in total. The highest BCUT2D eigenvalue weighted by atomic mass is 79.9. The highest BCUT2D eigenvalue weighted by molar-refractivity contribution is 9.09. The van der Waals surface area contributed by atoms with E-state index in [1.165, 1.54) is 0 Å². The molecular formula is C2H4BrS. The Hall–Kier alpha value is 0.830. The zero-order chi connectivity index (χ0) is 3.41. The van der Waals surface area contributed by atoms with Crippen LogP contribution in [0.25, 0.3) is 0 Å². The summed E-state index contributed by atoms with van der Waals surface area (Å²) in [6.07, 6.45) is 0. The number of hydrogen-bond acceptors (Lipinski definition) is 0. The van der Waals surface area contributed by atoms with Crippen molar-refractivity contribution in [3.8, 4) is 0 Å². The molecule has 25 valence electrons. The number of halogens is 1. The molecule has 0 fully saturated rings. The third-order valence-corrected chi connectivity index (χ3v) is 1.20. The zero-order valence-electron chi connectivity index (χ0n) is 2.20. The van der Waals surface area contributed by atoms with Crippen molar-refractivity contribution in [1.82, 2.24) is 0 Å². The number of rotatable bonds is 1. The Labute approximate surface area is 40.1 Å². The minimum atomic E-state index is 0.819. The van der Waals surface area contributed by atoms with Crippen LogP contribution in [-0.4, -0.2) is 11.1 Å². The summed E-state index contributed by atoms with van der Waals surface area (Å²) in [5.41, 5.74) is 0. The molecule has 0 bridgehead atoms. The van der Waals surface area contributed by atoms with Crippen LogP contribution in [0.1, 0.15) is 0 Å². The summed E-state index contributed by atoms with van der Waals surface area (Å²) in [4.78, 5) is 0. The molecule has 1 radical (unpaired) electrons. The molecule has 0 saturated carbocycles. The van der Waals surface area contributed by atoms with Crippen LogP contribution >= 0.6 is 28.6 Å². The molecule has 2 heteroatoms. The second kappa shape index (κ2) is 3.83. The molecule has 0 spiro atoms. The molecule has 0 aromatic heterocycles. The van der Waals surface area contributed by atoms with Gasteiger partial charge in [0.1, 0.15) is 0 Å². The van der Waals surface area contributed by atoms with Gasteiger partial charge in [-0.1, -0.05) is 28.6 Å². The highest BCUT2D eigenvalue weighted by Crippen LogP contribution is 1.78. The van der Waals surface area contributed by atoms with Gasteiger partial charge in [-0.25, -0.2) is 0 Å². The fraction of sp³-hybridized carbons (Fsp3) is 1.00. The average molecular weight is 140 g/mol. The summed E-state index contributed by atoms with van der Waals surface area (Å²) in [6, 6.07) is 0. The van der Waals surface area contributed by atoms with Gasteiger partial charge in [-0.05, 0) is 0 Å². The second-order valence-electron chi connectivity index (χ2n) is 0.393. The van der Waals surface area contributed by atoms with Crippen molar-refractivity contribution in [1.29, 1.82) is 0 Å². The molecule has 0 aliphatic carbocycles. The summed E-state index contributed by atoms with van der Waals surface area (Å²) in [5, 5.41) is 0.947. The van der Waals surface area contributed by atoms with Gasteiger partial charge in [0.2, 0.25) is 0 Å². The molecule has 0 aromatic rings. The molecular weight excluding hydrogens is 136 g/mol.